The quantitative estimate of drug-likeness (QED) is 0.845. The van der Waals surface area contributed by atoms with Crippen molar-refractivity contribution in [1.29, 1.82) is 0 Å². The molecule has 1 aromatic heterocycles. The standard InChI is InChI=1S/C13H22N4/c1-10(2)14-9-11-7-8-13(16-15-11)17(3)12-5-4-6-12/h7-8,10,12,14H,4-6,9H2,1-3H3. The zero-order valence-electron chi connectivity index (χ0n) is 11.0. The van der Waals surface area contributed by atoms with Gasteiger partial charge in [0, 0.05) is 25.7 Å². The average molecular weight is 234 g/mol. The molecule has 0 unspecified atom stereocenters. The Labute approximate surface area is 103 Å². The molecule has 1 aromatic rings. The minimum atomic E-state index is 0.481. The molecule has 2 rings (SSSR count). The normalized spacial score (nSPS) is 16.0. The van der Waals surface area contributed by atoms with Crippen LogP contribution in [0.5, 0.6) is 0 Å². The van der Waals surface area contributed by atoms with Crippen LogP contribution in [0.4, 0.5) is 5.82 Å². The molecule has 1 aliphatic rings. The Morgan fingerprint density at radius 2 is 2.12 bits per heavy atom. The number of hydrogen-bond donors (Lipinski definition) is 1. The second kappa shape index (κ2) is 5.45. The van der Waals surface area contributed by atoms with Crippen molar-refractivity contribution in [3.05, 3.63) is 17.8 Å². The van der Waals surface area contributed by atoms with Gasteiger partial charge in [-0.15, -0.1) is 5.10 Å². The third kappa shape index (κ3) is 3.16. The van der Waals surface area contributed by atoms with Gasteiger partial charge in [-0.25, -0.2) is 0 Å². The fourth-order valence-corrected chi connectivity index (χ4v) is 1.90. The predicted molar refractivity (Wildman–Crippen MR) is 70.0 cm³/mol. The van der Waals surface area contributed by atoms with E-state index in [1.807, 2.05) is 0 Å². The number of aromatic nitrogens is 2. The van der Waals surface area contributed by atoms with Gasteiger partial charge in [0.15, 0.2) is 5.82 Å². The van der Waals surface area contributed by atoms with E-state index in [2.05, 4.69) is 53.4 Å². The van der Waals surface area contributed by atoms with Gasteiger partial charge in [-0.1, -0.05) is 13.8 Å². The van der Waals surface area contributed by atoms with Gasteiger partial charge in [0.05, 0.1) is 5.69 Å². The highest BCUT2D eigenvalue weighted by molar-refractivity contribution is 5.38. The lowest BCUT2D eigenvalue weighted by atomic mass is 9.92. The van der Waals surface area contributed by atoms with Gasteiger partial charge in [0.25, 0.3) is 0 Å². The monoisotopic (exact) mass is 234 g/mol. The highest BCUT2D eigenvalue weighted by Crippen LogP contribution is 2.26. The van der Waals surface area contributed by atoms with Crippen molar-refractivity contribution >= 4 is 5.82 Å². The van der Waals surface area contributed by atoms with Gasteiger partial charge in [-0.3, -0.25) is 0 Å². The summed E-state index contributed by atoms with van der Waals surface area (Å²) in [6.07, 6.45) is 3.92. The number of nitrogens with zero attached hydrogens (tertiary/aromatic N) is 3. The van der Waals surface area contributed by atoms with Gasteiger partial charge >= 0.3 is 0 Å². The summed E-state index contributed by atoms with van der Waals surface area (Å²) in [5.74, 6) is 0.989. The molecule has 0 aliphatic heterocycles. The Morgan fingerprint density at radius 1 is 1.35 bits per heavy atom. The molecule has 1 saturated carbocycles. The molecule has 1 heterocycles. The van der Waals surface area contributed by atoms with Gasteiger partial charge < -0.3 is 10.2 Å². The Morgan fingerprint density at radius 3 is 2.59 bits per heavy atom. The molecule has 0 radical (unpaired) electrons. The van der Waals surface area contributed by atoms with Crippen LogP contribution in [0.3, 0.4) is 0 Å². The van der Waals surface area contributed by atoms with Crippen LogP contribution < -0.4 is 10.2 Å². The van der Waals surface area contributed by atoms with E-state index < -0.39 is 0 Å². The largest absolute Gasteiger partial charge is 0.355 e. The molecule has 94 valence electrons. The zero-order chi connectivity index (χ0) is 12.3. The van der Waals surface area contributed by atoms with Crippen LogP contribution in [0.25, 0.3) is 0 Å². The summed E-state index contributed by atoms with van der Waals surface area (Å²) in [7, 11) is 2.11. The van der Waals surface area contributed by atoms with Crippen LogP contribution in [-0.2, 0) is 6.54 Å². The van der Waals surface area contributed by atoms with Crippen molar-refractivity contribution in [2.24, 2.45) is 0 Å². The van der Waals surface area contributed by atoms with Crippen LogP contribution in [0.1, 0.15) is 38.8 Å². The number of hydrogen-bond acceptors (Lipinski definition) is 4. The van der Waals surface area contributed by atoms with E-state index in [-0.39, 0.29) is 0 Å². The van der Waals surface area contributed by atoms with Crippen LogP contribution in [0.2, 0.25) is 0 Å². The molecule has 17 heavy (non-hydrogen) atoms. The Bertz CT molecular complexity index is 343. The molecule has 4 heteroatoms. The topological polar surface area (TPSA) is 41.0 Å². The van der Waals surface area contributed by atoms with Crippen LogP contribution in [0.15, 0.2) is 12.1 Å². The minimum Gasteiger partial charge on any atom is -0.355 e. The molecule has 0 atom stereocenters. The smallest absolute Gasteiger partial charge is 0.151 e. The Kier molecular flexibility index (Phi) is 3.94. The van der Waals surface area contributed by atoms with E-state index in [1.165, 1.54) is 19.3 Å². The van der Waals surface area contributed by atoms with Crippen molar-refractivity contribution in [2.45, 2.75) is 51.7 Å². The summed E-state index contributed by atoms with van der Waals surface area (Å²) in [6, 6.07) is 5.29. The van der Waals surface area contributed by atoms with Gasteiger partial charge in [-0.05, 0) is 31.4 Å². The molecule has 0 bridgehead atoms. The van der Waals surface area contributed by atoms with Crippen molar-refractivity contribution in [3.8, 4) is 0 Å². The Hall–Kier alpha value is -1.16. The maximum absolute atomic E-state index is 4.30. The first-order valence-corrected chi connectivity index (χ1v) is 6.45. The van der Waals surface area contributed by atoms with E-state index in [0.29, 0.717) is 12.1 Å². The summed E-state index contributed by atoms with van der Waals surface area (Å²) >= 11 is 0. The highest BCUT2D eigenvalue weighted by atomic mass is 15.3. The lowest BCUT2D eigenvalue weighted by molar-refractivity contribution is 0.398. The molecule has 4 nitrogen and oxygen atoms in total. The first-order valence-electron chi connectivity index (χ1n) is 6.45. The third-order valence-electron chi connectivity index (χ3n) is 3.38. The molecule has 1 aliphatic carbocycles. The second-order valence-corrected chi connectivity index (χ2v) is 5.11. The first kappa shape index (κ1) is 12.3. The average Bonchev–Trinajstić information content (AvgIpc) is 2.24. The lowest BCUT2D eigenvalue weighted by Gasteiger charge is -2.35. The summed E-state index contributed by atoms with van der Waals surface area (Å²) in [5, 5.41) is 11.9. The minimum absolute atomic E-state index is 0.481. The molecule has 0 saturated heterocycles. The number of anilines is 1. The van der Waals surface area contributed by atoms with E-state index in [0.717, 1.165) is 18.1 Å². The van der Waals surface area contributed by atoms with Crippen molar-refractivity contribution in [2.75, 3.05) is 11.9 Å². The van der Waals surface area contributed by atoms with Gasteiger partial charge in [0.2, 0.25) is 0 Å². The number of nitrogens with one attached hydrogen (secondary N) is 1. The maximum atomic E-state index is 4.30. The number of rotatable bonds is 5. The van der Waals surface area contributed by atoms with Crippen molar-refractivity contribution in [3.63, 3.8) is 0 Å². The molecule has 1 N–H and O–H groups in total. The Balaban J connectivity index is 1.92. The lowest BCUT2D eigenvalue weighted by Crippen LogP contribution is -2.37. The third-order valence-corrected chi connectivity index (χ3v) is 3.38. The van der Waals surface area contributed by atoms with E-state index in [1.54, 1.807) is 0 Å². The highest BCUT2D eigenvalue weighted by Gasteiger charge is 2.22. The molecule has 1 fully saturated rings. The molecular formula is C13H22N4. The van der Waals surface area contributed by atoms with E-state index >= 15 is 0 Å². The van der Waals surface area contributed by atoms with Crippen molar-refractivity contribution < 1.29 is 0 Å². The summed E-state index contributed by atoms with van der Waals surface area (Å²) in [6.45, 7) is 5.05. The fourth-order valence-electron chi connectivity index (χ4n) is 1.90. The second-order valence-electron chi connectivity index (χ2n) is 5.11. The zero-order valence-corrected chi connectivity index (χ0v) is 11.0. The van der Waals surface area contributed by atoms with Gasteiger partial charge in [0.1, 0.15) is 0 Å². The summed E-state index contributed by atoms with van der Waals surface area (Å²) < 4.78 is 0. The predicted octanol–water partition coefficient (Wildman–Crippen LogP) is 1.96. The fraction of sp³-hybridized carbons (Fsp3) is 0.692. The van der Waals surface area contributed by atoms with Crippen LogP contribution in [-0.4, -0.2) is 29.3 Å². The van der Waals surface area contributed by atoms with Gasteiger partial charge in [-0.2, -0.15) is 5.10 Å². The molecule has 0 spiro atoms. The van der Waals surface area contributed by atoms with E-state index in [4.69, 9.17) is 0 Å². The van der Waals surface area contributed by atoms with Crippen LogP contribution in [0, 0.1) is 0 Å². The molecular weight excluding hydrogens is 212 g/mol. The first-order chi connectivity index (χ1) is 8.16. The van der Waals surface area contributed by atoms with Crippen molar-refractivity contribution in [1.82, 2.24) is 15.5 Å². The molecule has 0 aromatic carbocycles. The maximum Gasteiger partial charge on any atom is 0.151 e. The summed E-state index contributed by atoms with van der Waals surface area (Å²) in [5.41, 5.74) is 1.00. The molecule has 0 amide bonds. The summed E-state index contributed by atoms with van der Waals surface area (Å²) in [4.78, 5) is 2.25. The van der Waals surface area contributed by atoms with Crippen LogP contribution >= 0.6 is 0 Å². The van der Waals surface area contributed by atoms with E-state index in [9.17, 15) is 0 Å². The SMILES string of the molecule is CC(C)NCc1ccc(N(C)C2CCC2)nn1.